The highest BCUT2D eigenvalue weighted by Crippen LogP contribution is 2.37. The molecule has 0 fully saturated rings. The standard InChI is InChI=1S/C15H25NO3Si/c1-15(2,3)14(19-20(4)5)13-9-17-12-8-10(16)6-7-11(12)18-13/h6-8,13-14,20H,9,16H2,1-5H3. The summed E-state index contributed by atoms with van der Waals surface area (Å²) >= 11 is 0. The first-order valence-corrected chi connectivity index (χ1v) is 9.90. The predicted octanol–water partition coefficient (Wildman–Crippen LogP) is 2.82. The first kappa shape index (κ1) is 15.2. The van der Waals surface area contributed by atoms with Crippen LogP contribution in [0.2, 0.25) is 13.1 Å². The monoisotopic (exact) mass is 295 g/mol. The largest absolute Gasteiger partial charge is 0.486 e. The molecule has 1 aliphatic rings. The van der Waals surface area contributed by atoms with Crippen LogP contribution in [0.5, 0.6) is 11.5 Å². The van der Waals surface area contributed by atoms with Gasteiger partial charge >= 0.3 is 0 Å². The van der Waals surface area contributed by atoms with Gasteiger partial charge in [-0.1, -0.05) is 20.8 Å². The SMILES string of the molecule is C[SiH](C)OC(C1COc2cc(N)ccc2O1)C(C)(C)C. The van der Waals surface area contributed by atoms with Crippen LogP contribution in [-0.4, -0.2) is 27.9 Å². The van der Waals surface area contributed by atoms with Crippen molar-refractivity contribution in [2.75, 3.05) is 12.3 Å². The summed E-state index contributed by atoms with van der Waals surface area (Å²) in [4.78, 5) is 0. The second-order valence-corrected chi connectivity index (χ2v) is 9.01. The van der Waals surface area contributed by atoms with Crippen LogP contribution in [0.1, 0.15) is 20.8 Å². The molecule has 1 aromatic rings. The summed E-state index contributed by atoms with van der Waals surface area (Å²) in [7, 11) is -1.15. The number of hydrogen-bond acceptors (Lipinski definition) is 4. The van der Waals surface area contributed by atoms with Crippen molar-refractivity contribution < 1.29 is 13.9 Å². The molecule has 2 N–H and O–H groups in total. The Bertz CT molecular complexity index is 471. The van der Waals surface area contributed by atoms with Crippen LogP contribution >= 0.6 is 0 Å². The molecule has 0 radical (unpaired) electrons. The number of benzene rings is 1. The first-order chi connectivity index (χ1) is 9.27. The zero-order valence-electron chi connectivity index (χ0n) is 13.0. The van der Waals surface area contributed by atoms with Crippen LogP contribution < -0.4 is 15.2 Å². The van der Waals surface area contributed by atoms with E-state index in [2.05, 4.69) is 33.9 Å². The molecular weight excluding hydrogens is 270 g/mol. The lowest BCUT2D eigenvalue weighted by molar-refractivity contribution is -0.0473. The Hall–Kier alpha value is -1.20. The van der Waals surface area contributed by atoms with Gasteiger partial charge in [-0.15, -0.1) is 0 Å². The lowest BCUT2D eigenvalue weighted by atomic mass is 9.86. The van der Waals surface area contributed by atoms with E-state index in [4.69, 9.17) is 19.6 Å². The van der Waals surface area contributed by atoms with Crippen molar-refractivity contribution in [2.24, 2.45) is 5.41 Å². The molecule has 1 aromatic carbocycles. The fraction of sp³-hybridized carbons (Fsp3) is 0.600. The van der Waals surface area contributed by atoms with E-state index in [9.17, 15) is 0 Å². The molecule has 0 aromatic heterocycles. The summed E-state index contributed by atoms with van der Waals surface area (Å²) in [6.07, 6.45) is -0.0547. The molecule has 2 rings (SSSR count). The van der Waals surface area contributed by atoms with E-state index in [1.165, 1.54) is 0 Å². The quantitative estimate of drug-likeness (QED) is 0.688. The zero-order chi connectivity index (χ0) is 14.9. The first-order valence-electron chi connectivity index (χ1n) is 7.12. The lowest BCUT2D eigenvalue weighted by Gasteiger charge is -2.40. The molecule has 4 nitrogen and oxygen atoms in total. The van der Waals surface area contributed by atoms with Crippen molar-refractivity contribution in [1.82, 2.24) is 0 Å². The Morgan fingerprint density at radius 1 is 1.30 bits per heavy atom. The highest BCUT2D eigenvalue weighted by Gasteiger charge is 2.38. The van der Waals surface area contributed by atoms with Gasteiger partial charge in [0.1, 0.15) is 6.61 Å². The number of nitrogens with two attached hydrogens (primary N) is 1. The van der Waals surface area contributed by atoms with Crippen LogP contribution in [0.4, 0.5) is 5.69 Å². The zero-order valence-corrected chi connectivity index (χ0v) is 14.1. The number of hydrogen-bond donors (Lipinski definition) is 1. The summed E-state index contributed by atoms with van der Waals surface area (Å²) in [6, 6.07) is 5.49. The maximum Gasteiger partial charge on any atom is 0.171 e. The van der Waals surface area contributed by atoms with E-state index in [-0.39, 0.29) is 17.6 Å². The molecule has 0 amide bonds. The average Bonchev–Trinajstić information content (AvgIpc) is 2.34. The van der Waals surface area contributed by atoms with Gasteiger partial charge in [-0.2, -0.15) is 0 Å². The summed E-state index contributed by atoms with van der Waals surface area (Å²) in [6.45, 7) is 11.4. The Morgan fingerprint density at radius 2 is 2.00 bits per heavy atom. The molecule has 0 saturated heterocycles. The second kappa shape index (κ2) is 5.66. The third-order valence-corrected chi connectivity index (χ3v) is 4.10. The van der Waals surface area contributed by atoms with Crippen LogP contribution in [0, 0.1) is 5.41 Å². The molecule has 0 saturated carbocycles. The van der Waals surface area contributed by atoms with Crippen LogP contribution in [-0.2, 0) is 4.43 Å². The van der Waals surface area contributed by atoms with Crippen LogP contribution in [0.25, 0.3) is 0 Å². The molecule has 1 heterocycles. The summed E-state index contributed by atoms with van der Waals surface area (Å²) in [5, 5.41) is 0. The van der Waals surface area contributed by atoms with Crippen molar-refractivity contribution in [3.63, 3.8) is 0 Å². The Kier molecular flexibility index (Phi) is 4.30. The van der Waals surface area contributed by atoms with Crippen molar-refractivity contribution in [3.8, 4) is 11.5 Å². The number of ether oxygens (including phenoxy) is 2. The van der Waals surface area contributed by atoms with Crippen LogP contribution in [0.15, 0.2) is 18.2 Å². The van der Waals surface area contributed by atoms with E-state index in [1.54, 1.807) is 6.07 Å². The van der Waals surface area contributed by atoms with Crippen molar-refractivity contribution >= 4 is 14.7 Å². The molecule has 0 aliphatic carbocycles. The fourth-order valence-corrected chi connectivity index (χ4v) is 3.57. The van der Waals surface area contributed by atoms with Gasteiger partial charge in [-0.3, -0.25) is 0 Å². The fourth-order valence-electron chi connectivity index (χ4n) is 2.40. The molecule has 0 bridgehead atoms. The smallest absolute Gasteiger partial charge is 0.171 e. The van der Waals surface area contributed by atoms with Gasteiger partial charge in [0.15, 0.2) is 26.6 Å². The van der Waals surface area contributed by atoms with Crippen LogP contribution in [0.3, 0.4) is 0 Å². The molecule has 2 unspecified atom stereocenters. The minimum atomic E-state index is -1.15. The van der Waals surface area contributed by atoms with Gasteiger partial charge < -0.3 is 19.6 Å². The molecule has 20 heavy (non-hydrogen) atoms. The normalized spacial score (nSPS) is 20.0. The van der Waals surface area contributed by atoms with E-state index < -0.39 is 9.04 Å². The highest BCUT2D eigenvalue weighted by atomic mass is 28.3. The minimum Gasteiger partial charge on any atom is -0.486 e. The Balaban J connectivity index is 2.19. The van der Waals surface area contributed by atoms with E-state index >= 15 is 0 Å². The average molecular weight is 295 g/mol. The maximum absolute atomic E-state index is 6.20. The van der Waals surface area contributed by atoms with Gasteiger partial charge in [0.2, 0.25) is 0 Å². The topological polar surface area (TPSA) is 53.7 Å². The number of rotatable bonds is 3. The minimum absolute atomic E-state index is 0.0105. The number of anilines is 1. The third-order valence-electron chi connectivity index (χ3n) is 3.26. The third kappa shape index (κ3) is 3.46. The van der Waals surface area contributed by atoms with Crippen molar-refractivity contribution in [3.05, 3.63) is 18.2 Å². The van der Waals surface area contributed by atoms with Gasteiger partial charge in [0.05, 0.1) is 6.10 Å². The summed E-state index contributed by atoms with van der Waals surface area (Å²) < 4.78 is 18.1. The molecule has 112 valence electrons. The van der Waals surface area contributed by atoms with E-state index in [1.807, 2.05) is 12.1 Å². The molecule has 1 aliphatic heterocycles. The van der Waals surface area contributed by atoms with E-state index in [0.717, 1.165) is 11.5 Å². The molecular formula is C15H25NO3Si. The predicted molar refractivity (Wildman–Crippen MR) is 84.0 cm³/mol. The highest BCUT2D eigenvalue weighted by molar-refractivity contribution is 6.48. The second-order valence-electron chi connectivity index (χ2n) is 6.64. The Labute approximate surface area is 122 Å². The number of fused-ring (bicyclic) bond motifs is 1. The van der Waals surface area contributed by atoms with Gasteiger partial charge in [-0.25, -0.2) is 0 Å². The molecule has 0 spiro atoms. The van der Waals surface area contributed by atoms with Crippen molar-refractivity contribution in [1.29, 1.82) is 0 Å². The summed E-state index contributed by atoms with van der Waals surface area (Å²) in [5.41, 5.74) is 6.45. The van der Waals surface area contributed by atoms with Gasteiger partial charge in [-0.05, 0) is 30.6 Å². The number of nitrogen functional groups attached to an aromatic ring is 1. The molecule has 2 atom stereocenters. The lowest BCUT2D eigenvalue weighted by Crippen LogP contribution is -2.49. The molecule has 5 heteroatoms. The van der Waals surface area contributed by atoms with E-state index in [0.29, 0.717) is 12.3 Å². The van der Waals surface area contributed by atoms with Gasteiger partial charge in [0, 0.05) is 11.8 Å². The summed E-state index contributed by atoms with van der Waals surface area (Å²) in [5.74, 6) is 1.47. The Morgan fingerprint density at radius 3 is 2.60 bits per heavy atom. The maximum atomic E-state index is 6.20. The van der Waals surface area contributed by atoms with Crippen molar-refractivity contribution in [2.45, 2.75) is 46.1 Å². The van der Waals surface area contributed by atoms with Gasteiger partial charge in [0.25, 0.3) is 0 Å².